The smallest absolute Gasteiger partial charge is 0.197 e. The Balaban J connectivity index is 1.74. The van der Waals surface area contributed by atoms with Gasteiger partial charge in [-0.25, -0.2) is 0 Å². The Morgan fingerprint density at radius 2 is 2.17 bits per heavy atom. The fourth-order valence-electron chi connectivity index (χ4n) is 2.38. The molecule has 2 aromatic rings. The van der Waals surface area contributed by atoms with E-state index in [-0.39, 0.29) is 0 Å². The Morgan fingerprint density at radius 1 is 1.33 bits per heavy atom. The van der Waals surface area contributed by atoms with Crippen LogP contribution in [-0.2, 0) is 19.5 Å². The summed E-state index contributed by atoms with van der Waals surface area (Å²) in [6, 6.07) is 10.6. The van der Waals surface area contributed by atoms with Crippen molar-refractivity contribution in [1.82, 2.24) is 10.1 Å². The van der Waals surface area contributed by atoms with E-state index < -0.39 is 0 Å². The van der Waals surface area contributed by atoms with Gasteiger partial charge in [0.2, 0.25) is 0 Å². The molecule has 3 rings (SSSR count). The maximum atomic E-state index is 5.35. The zero-order chi connectivity index (χ0) is 12.4. The number of hydrogen-bond acceptors (Lipinski definition) is 4. The first-order chi connectivity index (χ1) is 8.86. The van der Waals surface area contributed by atoms with Crippen molar-refractivity contribution in [3.63, 3.8) is 0 Å². The quantitative estimate of drug-likeness (QED) is 0.794. The van der Waals surface area contributed by atoms with Crippen molar-refractivity contribution in [2.24, 2.45) is 0 Å². The van der Waals surface area contributed by atoms with Gasteiger partial charge in [0.25, 0.3) is 0 Å². The molecule has 2 heterocycles. The van der Waals surface area contributed by atoms with Crippen LogP contribution in [-0.4, -0.2) is 22.9 Å². The van der Waals surface area contributed by atoms with Gasteiger partial charge in [0, 0.05) is 31.6 Å². The molecule has 1 aliphatic rings. The molecular weight excluding hydrogens is 244 g/mol. The summed E-state index contributed by atoms with van der Waals surface area (Å²) in [7, 11) is 0. The molecule has 18 heavy (non-hydrogen) atoms. The second-order valence-electron chi connectivity index (χ2n) is 4.55. The van der Waals surface area contributed by atoms with E-state index >= 15 is 0 Å². The van der Waals surface area contributed by atoms with Crippen LogP contribution in [0.5, 0.6) is 0 Å². The topological polar surface area (TPSA) is 29.3 Å². The Bertz CT molecular complexity index is 510. The minimum absolute atomic E-state index is 0.948. The summed E-state index contributed by atoms with van der Waals surface area (Å²) in [6.07, 6.45) is 3.03. The maximum absolute atomic E-state index is 5.35. The molecule has 1 aliphatic heterocycles. The second-order valence-corrected chi connectivity index (χ2v) is 5.32. The lowest BCUT2D eigenvalue weighted by atomic mass is 10.1. The number of thioether (sulfide) groups is 1. The van der Waals surface area contributed by atoms with Gasteiger partial charge in [-0.05, 0) is 11.8 Å². The van der Waals surface area contributed by atoms with E-state index in [1.807, 2.05) is 6.26 Å². The lowest BCUT2D eigenvalue weighted by molar-refractivity contribution is 0.242. The van der Waals surface area contributed by atoms with E-state index in [2.05, 4.69) is 40.4 Å². The summed E-state index contributed by atoms with van der Waals surface area (Å²) < 4.78 is 5.35. The lowest BCUT2D eigenvalue weighted by Gasteiger charge is -2.25. The van der Waals surface area contributed by atoms with Crippen LogP contribution in [0.3, 0.4) is 0 Å². The monoisotopic (exact) mass is 260 g/mol. The average molecular weight is 260 g/mol. The van der Waals surface area contributed by atoms with Gasteiger partial charge in [0.1, 0.15) is 0 Å². The second kappa shape index (κ2) is 5.16. The SMILES string of the molecule is CSc1onc2c1CN(Cc1ccccc1)CC2. The van der Waals surface area contributed by atoms with Crippen molar-refractivity contribution in [2.45, 2.75) is 24.6 Å². The van der Waals surface area contributed by atoms with Crippen molar-refractivity contribution in [1.29, 1.82) is 0 Å². The van der Waals surface area contributed by atoms with Crippen molar-refractivity contribution >= 4 is 11.8 Å². The van der Waals surface area contributed by atoms with Crippen LogP contribution in [0, 0.1) is 0 Å². The zero-order valence-corrected chi connectivity index (χ0v) is 11.2. The zero-order valence-electron chi connectivity index (χ0n) is 10.4. The molecule has 0 aliphatic carbocycles. The Hall–Kier alpha value is -1.26. The molecule has 0 bridgehead atoms. The third kappa shape index (κ3) is 2.31. The highest BCUT2D eigenvalue weighted by molar-refractivity contribution is 7.98. The molecule has 0 radical (unpaired) electrons. The van der Waals surface area contributed by atoms with Crippen LogP contribution in [0.25, 0.3) is 0 Å². The van der Waals surface area contributed by atoms with Gasteiger partial charge in [-0.15, -0.1) is 0 Å². The largest absolute Gasteiger partial charge is 0.349 e. The van der Waals surface area contributed by atoms with Crippen LogP contribution in [0.15, 0.2) is 39.9 Å². The average Bonchev–Trinajstić information content (AvgIpc) is 2.82. The molecule has 3 nitrogen and oxygen atoms in total. The first-order valence-corrected chi connectivity index (χ1v) is 7.37. The molecule has 1 aromatic heterocycles. The summed E-state index contributed by atoms with van der Waals surface area (Å²) in [6.45, 7) is 3.01. The van der Waals surface area contributed by atoms with Gasteiger partial charge in [0.05, 0.1) is 5.69 Å². The molecule has 4 heteroatoms. The molecule has 94 valence electrons. The minimum Gasteiger partial charge on any atom is -0.349 e. The normalized spacial score (nSPS) is 15.6. The minimum atomic E-state index is 0.948. The number of fused-ring (bicyclic) bond motifs is 1. The fourth-order valence-corrected chi connectivity index (χ4v) is 2.92. The van der Waals surface area contributed by atoms with Crippen molar-refractivity contribution in [3.05, 3.63) is 47.2 Å². The van der Waals surface area contributed by atoms with Gasteiger partial charge in [-0.2, -0.15) is 0 Å². The van der Waals surface area contributed by atoms with E-state index in [4.69, 9.17) is 4.52 Å². The molecule has 0 fully saturated rings. The molecule has 1 aromatic carbocycles. The highest BCUT2D eigenvalue weighted by Gasteiger charge is 2.23. The first-order valence-electron chi connectivity index (χ1n) is 6.14. The molecule has 0 spiro atoms. The molecule has 0 saturated heterocycles. The molecule has 0 saturated carbocycles. The van der Waals surface area contributed by atoms with E-state index in [0.29, 0.717) is 0 Å². The van der Waals surface area contributed by atoms with Gasteiger partial charge < -0.3 is 4.52 Å². The number of aromatic nitrogens is 1. The number of nitrogens with zero attached hydrogens (tertiary/aromatic N) is 2. The van der Waals surface area contributed by atoms with Gasteiger partial charge in [-0.1, -0.05) is 47.3 Å². The maximum Gasteiger partial charge on any atom is 0.197 e. The summed E-state index contributed by atoms with van der Waals surface area (Å²) in [5.41, 5.74) is 3.79. The summed E-state index contributed by atoms with van der Waals surface area (Å²) in [5, 5.41) is 5.12. The van der Waals surface area contributed by atoms with Crippen LogP contribution in [0.2, 0.25) is 0 Å². The predicted molar refractivity (Wildman–Crippen MR) is 72.5 cm³/mol. The molecular formula is C14H16N2OS. The Morgan fingerprint density at radius 3 is 2.94 bits per heavy atom. The van der Waals surface area contributed by atoms with Gasteiger partial charge >= 0.3 is 0 Å². The highest BCUT2D eigenvalue weighted by Crippen LogP contribution is 2.28. The van der Waals surface area contributed by atoms with Crippen molar-refractivity contribution in [2.75, 3.05) is 12.8 Å². The summed E-state index contributed by atoms with van der Waals surface area (Å²) >= 11 is 1.64. The van der Waals surface area contributed by atoms with E-state index in [1.54, 1.807) is 11.8 Å². The number of rotatable bonds is 3. The summed E-state index contributed by atoms with van der Waals surface area (Å²) in [5.74, 6) is 0. The van der Waals surface area contributed by atoms with E-state index in [0.717, 1.165) is 36.8 Å². The molecule has 0 unspecified atom stereocenters. The molecule has 0 atom stereocenters. The van der Waals surface area contributed by atoms with Gasteiger partial charge in [0.15, 0.2) is 5.09 Å². The highest BCUT2D eigenvalue weighted by atomic mass is 32.2. The number of hydrogen-bond donors (Lipinski definition) is 0. The van der Waals surface area contributed by atoms with E-state index in [1.165, 1.54) is 11.1 Å². The third-order valence-corrected chi connectivity index (χ3v) is 4.01. The van der Waals surface area contributed by atoms with Crippen molar-refractivity contribution < 1.29 is 4.52 Å². The fraction of sp³-hybridized carbons (Fsp3) is 0.357. The van der Waals surface area contributed by atoms with Crippen molar-refractivity contribution in [3.8, 4) is 0 Å². The third-order valence-electron chi connectivity index (χ3n) is 3.31. The Kier molecular flexibility index (Phi) is 3.39. The summed E-state index contributed by atoms with van der Waals surface area (Å²) in [4.78, 5) is 2.45. The predicted octanol–water partition coefficient (Wildman–Crippen LogP) is 2.95. The number of benzene rings is 1. The lowest BCUT2D eigenvalue weighted by Crippen LogP contribution is -2.29. The van der Waals surface area contributed by atoms with Crippen LogP contribution >= 0.6 is 11.8 Å². The van der Waals surface area contributed by atoms with Crippen LogP contribution in [0.4, 0.5) is 0 Å². The van der Waals surface area contributed by atoms with Crippen LogP contribution in [0.1, 0.15) is 16.8 Å². The first kappa shape index (κ1) is 11.8. The van der Waals surface area contributed by atoms with E-state index in [9.17, 15) is 0 Å². The Labute approximate surface area is 111 Å². The van der Waals surface area contributed by atoms with Crippen LogP contribution < -0.4 is 0 Å². The molecule has 0 N–H and O–H groups in total. The van der Waals surface area contributed by atoms with Gasteiger partial charge in [-0.3, -0.25) is 4.90 Å². The standard InChI is InChI=1S/C14H16N2OS/c1-18-14-12-10-16(8-7-13(12)15-17-14)9-11-5-3-2-4-6-11/h2-6H,7-10H2,1H3. The molecule has 0 amide bonds.